The van der Waals surface area contributed by atoms with Crippen LogP contribution in [-0.4, -0.2) is 11.7 Å². The maximum Gasteiger partial charge on any atom is 0.249 e. The van der Waals surface area contributed by atoms with E-state index in [1.807, 2.05) is 41.3 Å². The zero-order chi connectivity index (χ0) is 22.5. The van der Waals surface area contributed by atoms with Gasteiger partial charge in [-0.25, -0.2) is 0 Å². The summed E-state index contributed by atoms with van der Waals surface area (Å²) in [6.45, 7) is 4.13. The van der Waals surface area contributed by atoms with Crippen molar-refractivity contribution in [1.82, 2.24) is 0 Å². The maximum absolute atomic E-state index is 13.5. The summed E-state index contributed by atoms with van der Waals surface area (Å²) in [5.41, 5.74) is 15.3. The molecule has 7 heteroatoms. The number of halogens is 2. The van der Waals surface area contributed by atoms with Crippen LogP contribution in [0.4, 0.5) is 5.69 Å². The standard InChI is InChI=1S/C24H23BrClN3O2/c1-24(2)11-17-20(18(30)12-24)19(13-3-7-15(26)8-4-13)21(23(28)31)22(27)29(17)16-9-5-14(25)6-10-16/h3-10,19H,11-12,27H2,1-2H3,(H2,28,31). The van der Waals surface area contributed by atoms with Crippen molar-refractivity contribution < 1.29 is 9.59 Å². The highest BCUT2D eigenvalue weighted by atomic mass is 79.9. The molecule has 0 aromatic heterocycles. The first-order chi connectivity index (χ1) is 14.6. The van der Waals surface area contributed by atoms with Crippen LogP contribution in [0, 0.1) is 5.41 Å². The molecule has 0 saturated heterocycles. The molecule has 0 radical (unpaired) electrons. The zero-order valence-corrected chi connectivity index (χ0v) is 19.6. The van der Waals surface area contributed by atoms with E-state index in [0.29, 0.717) is 23.4 Å². The molecule has 0 saturated carbocycles. The normalized spacial score (nSPS) is 20.7. The number of Topliss-reactive ketones (excluding diaryl/α,β-unsaturated/α-hetero) is 1. The fourth-order valence-corrected chi connectivity index (χ4v) is 4.92. The lowest BCUT2D eigenvalue weighted by molar-refractivity contribution is -0.118. The van der Waals surface area contributed by atoms with Crippen LogP contribution < -0.4 is 16.4 Å². The molecule has 0 spiro atoms. The van der Waals surface area contributed by atoms with Crippen molar-refractivity contribution in [3.8, 4) is 0 Å². The Kier molecular flexibility index (Phi) is 5.48. The van der Waals surface area contributed by atoms with E-state index in [4.69, 9.17) is 23.1 Å². The van der Waals surface area contributed by atoms with Crippen molar-refractivity contribution in [2.24, 2.45) is 16.9 Å². The van der Waals surface area contributed by atoms with Gasteiger partial charge in [-0.2, -0.15) is 0 Å². The number of hydrogen-bond donors (Lipinski definition) is 2. The van der Waals surface area contributed by atoms with Gasteiger partial charge in [-0.1, -0.05) is 53.5 Å². The number of carbonyl (C=O) groups is 2. The summed E-state index contributed by atoms with van der Waals surface area (Å²) in [5, 5.41) is 0.568. The number of amides is 1. The van der Waals surface area contributed by atoms with Gasteiger partial charge in [0.25, 0.3) is 0 Å². The molecule has 160 valence electrons. The van der Waals surface area contributed by atoms with Crippen molar-refractivity contribution >= 4 is 44.9 Å². The van der Waals surface area contributed by atoms with Gasteiger partial charge in [-0.05, 0) is 53.8 Å². The third kappa shape index (κ3) is 3.90. The van der Waals surface area contributed by atoms with Crippen molar-refractivity contribution in [3.05, 3.63) is 86.3 Å². The second-order valence-corrected chi connectivity index (χ2v) is 10.1. The predicted octanol–water partition coefficient (Wildman–Crippen LogP) is 5.01. The van der Waals surface area contributed by atoms with Gasteiger partial charge in [0, 0.05) is 38.8 Å². The number of allylic oxidation sites excluding steroid dienone is 2. The minimum Gasteiger partial charge on any atom is -0.384 e. The van der Waals surface area contributed by atoms with Crippen LogP contribution in [0.5, 0.6) is 0 Å². The van der Waals surface area contributed by atoms with Crippen LogP contribution >= 0.6 is 27.5 Å². The molecule has 1 unspecified atom stereocenters. The monoisotopic (exact) mass is 499 g/mol. The van der Waals surface area contributed by atoms with Crippen LogP contribution in [-0.2, 0) is 9.59 Å². The second kappa shape index (κ2) is 7.84. The third-order valence-electron chi connectivity index (χ3n) is 5.81. The molecule has 1 atom stereocenters. The quantitative estimate of drug-likeness (QED) is 0.620. The Morgan fingerprint density at radius 3 is 2.29 bits per heavy atom. The highest BCUT2D eigenvalue weighted by Gasteiger charge is 2.45. The number of ketones is 1. The number of hydrogen-bond acceptors (Lipinski definition) is 4. The number of rotatable bonds is 3. The average Bonchev–Trinajstić information content (AvgIpc) is 2.67. The second-order valence-electron chi connectivity index (χ2n) is 8.76. The van der Waals surface area contributed by atoms with Gasteiger partial charge in [-0.15, -0.1) is 0 Å². The Hall–Kier alpha value is -2.57. The molecule has 2 aromatic rings. The first kappa shape index (κ1) is 21.7. The van der Waals surface area contributed by atoms with Crippen LogP contribution in [0.25, 0.3) is 0 Å². The SMILES string of the molecule is CC1(C)CC(=O)C2=C(C1)N(c1ccc(Br)cc1)C(N)=C(C(N)=O)C2c1ccc(Cl)cc1. The number of primary amides is 1. The van der Waals surface area contributed by atoms with E-state index in [9.17, 15) is 9.59 Å². The average molecular weight is 501 g/mol. The summed E-state index contributed by atoms with van der Waals surface area (Å²) < 4.78 is 0.916. The van der Waals surface area contributed by atoms with Crippen LogP contribution in [0.1, 0.15) is 38.2 Å². The predicted molar refractivity (Wildman–Crippen MR) is 126 cm³/mol. The Labute approximate surface area is 194 Å². The van der Waals surface area contributed by atoms with Gasteiger partial charge in [-0.3, -0.25) is 14.5 Å². The summed E-state index contributed by atoms with van der Waals surface area (Å²) in [6.07, 6.45) is 1.02. The van der Waals surface area contributed by atoms with E-state index < -0.39 is 11.8 Å². The molecule has 31 heavy (non-hydrogen) atoms. The Bertz CT molecular complexity index is 1130. The van der Waals surface area contributed by atoms with Crippen LogP contribution in [0.3, 0.4) is 0 Å². The lowest BCUT2D eigenvalue weighted by Gasteiger charge is -2.44. The van der Waals surface area contributed by atoms with Crippen molar-refractivity contribution in [3.63, 3.8) is 0 Å². The van der Waals surface area contributed by atoms with Crippen LogP contribution in [0.2, 0.25) is 5.02 Å². The Morgan fingerprint density at radius 2 is 1.71 bits per heavy atom. The minimum atomic E-state index is -0.649. The molecule has 1 aliphatic carbocycles. The number of carbonyl (C=O) groups excluding carboxylic acids is 2. The van der Waals surface area contributed by atoms with E-state index in [2.05, 4.69) is 29.8 Å². The number of benzene rings is 2. The maximum atomic E-state index is 13.5. The highest BCUT2D eigenvalue weighted by Crippen LogP contribution is 2.50. The zero-order valence-electron chi connectivity index (χ0n) is 17.3. The van der Waals surface area contributed by atoms with E-state index >= 15 is 0 Å². The molecular formula is C24H23BrClN3O2. The highest BCUT2D eigenvalue weighted by molar-refractivity contribution is 9.10. The fraction of sp³-hybridized carbons (Fsp3) is 0.250. The summed E-state index contributed by atoms with van der Waals surface area (Å²) in [7, 11) is 0. The van der Waals surface area contributed by atoms with E-state index in [-0.39, 0.29) is 22.6 Å². The number of nitrogens with two attached hydrogens (primary N) is 2. The molecule has 5 nitrogen and oxygen atoms in total. The van der Waals surface area contributed by atoms with Gasteiger partial charge >= 0.3 is 0 Å². The molecule has 0 fully saturated rings. The van der Waals surface area contributed by atoms with Crippen molar-refractivity contribution in [2.75, 3.05) is 4.90 Å². The Morgan fingerprint density at radius 1 is 1.10 bits per heavy atom. The van der Waals surface area contributed by atoms with Gasteiger partial charge in [0.1, 0.15) is 5.82 Å². The summed E-state index contributed by atoms with van der Waals surface area (Å²) in [6, 6.07) is 14.7. The third-order valence-corrected chi connectivity index (χ3v) is 6.59. The van der Waals surface area contributed by atoms with Gasteiger partial charge in [0.2, 0.25) is 5.91 Å². The molecule has 4 rings (SSSR count). The molecule has 2 aliphatic rings. The molecular weight excluding hydrogens is 478 g/mol. The molecule has 1 heterocycles. The molecule has 1 amide bonds. The molecule has 2 aromatic carbocycles. The van der Waals surface area contributed by atoms with Crippen molar-refractivity contribution in [2.45, 2.75) is 32.6 Å². The molecule has 0 bridgehead atoms. The van der Waals surface area contributed by atoms with Gasteiger partial charge in [0.15, 0.2) is 5.78 Å². The van der Waals surface area contributed by atoms with Crippen LogP contribution in [0.15, 0.2) is 75.7 Å². The fourth-order valence-electron chi connectivity index (χ4n) is 4.53. The smallest absolute Gasteiger partial charge is 0.249 e. The largest absolute Gasteiger partial charge is 0.384 e. The van der Waals surface area contributed by atoms with E-state index in [0.717, 1.165) is 21.4 Å². The molecule has 1 aliphatic heterocycles. The summed E-state index contributed by atoms with van der Waals surface area (Å²) >= 11 is 9.53. The summed E-state index contributed by atoms with van der Waals surface area (Å²) in [5.74, 6) is -1.03. The van der Waals surface area contributed by atoms with Gasteiger partial charge < -0.3 is 11.5 Å². The Balaban J connectivity index is 2.01. The lowest BCUT2D eigenvalue weighted by atomic mass is 9.68. The van der Waals surface area contributed by atoms with Crippen molar-refractivity contribution in [1.29, 1.82) is 0 Å². The van der Waals surface area contributed by atoms with E-state index in [1.165, 1.54) is 0 Å². The summed E-state index contributed by atoms with van der Waals surface area (Å²) in [4.78, 5) is 27.9. The minimum absolute atomic E-state index is 0.000406. The number of anilines is 1. The first-order valence-corrected chi connectivity index (χ1v) is 11.1. The molecule has 4 N–H and O–H groups in total. The first-order valence-electron chi connectivity index (χ1n) is 9.96. The lowest BCUT2D eigenvalue weighted by Crippen LogP contribution is -2.44. The number of nitrogens with zero attached hydrogens (tertiary/aromatic N) is 1. The topological polar surface area (TPSA) is 89.4 Å². The van der Waals surface area contributed by atoms with E-state index in [1.54, 1.807) is 12.1 Å². The van der Waals surface area contributed by atoms with Gasteiger partial charge in [0.05, 0.1) is 5.57 Å².